The van der Waals surface area contributed by atoms with E-state index in [1.807, 2.05) is 4.68 Å². The quantitative estimate of drug-likeness (QED) is 0.636. The summed E-state index contributed by atoms with van der Waals surface area (Å²) in [6.45, 7) is -0.401. The molecule has 0 atom stereocenters. The minimum Gasteiger partial charge on any atom is -0.452 e. The predicted molar refractivity (Wildman–Crippen MR) is 94.8 cm³/mol. The molecule has 1 aromatic carbocycles. The third-order valence-electron chi connectivity index (χ3n) is 4.21. The molecule has 0 radical (unpaired) electrons. The molecule has 6 nitrogen and oxygen atoms in total. The first-order chi connectivity index (χ1) is 12.6. The Kier molecular flexibility index (Phi) is 5.78. The van der Waals surface area contributed by atoms with Gasteiger partial charge < -0.3 is 10.1 Å². The van der Waals surface area contributed by atoms with Crippen LogP contribution < -0.4 is 5.32 Å². The maximum absolute atomic E-state index is 13.1. The smallest absolute Gasteiger partial charge is 0.331 e. The Bertz CT molecular complexity index is 810. The van der Waals surface area contributed by atoms with Crippen molar-refractivity contribution >= 4 is 23.8 Å². The summed E-state index contributed by atoms with van der Waals surface area (Å²) < 4.78 is 19.8. The number of nitrogens with zero attached hydrogens (tertiary/aromatic N) is 2. The maximum Gasteiger partial charge on any atom is 0.331 e. The van der Waals surface area contributed by atoms with Crippen molar-refractivity contribution < 1.29 is 18.7 Å². The number of rotatable bonds is 6. The number of carbonyl (C=O) groups excluding carboxylic acids is 2. The van der Waals surface area contributed by atoms with Crippen LogP contribution in [0.15, 0.2) is 42.6 Å². The molecule has 1 saturated carbocycles. The number of hydrogen-bond donors (Lipinski definition) is 1. The topological polar surface area (TPSA) is 73.2 Å². The van der Waals surface area contributed by atoms with Gasteiger partial charge in [-0.2, -0.15) is 5.10 Å². The number of benzene rings is 1. The highest BCUT2D eigenvalue weighted by atomic mass is 19.1. The summed E-state index contributed by atoms with van der Waals surface area (Å²) in [6.07, 6.45) is 8.64. The lowest BCUT2D eigenvalue weighted by atomic mass is 10.2. The Morgan fingerprint density at radius 1 is 1.31 bits per heavy atom. The van der Waals surface area contributed by atoms with Gasteiger partial charge in [0.15, 0.2) is 6.61 Å². The fourth-order valence-electron chi connectivity index (χ4n) is 2.99. The largest absolute Gasteiger partial charge is 0.452 e. The zero-order valence-electron chi connectivity index (χ0n) is 14.2. The van der Waals surface area contributed by atoms with E-state index in [0.717, 1.165) is 31.8 Å². The van der Waals surface area contributed by atoms with Crippen molar-refractivity contribution in [3.8, 4) is 0 Å². The zero-order chi connectivity index (χ0) is 18.4. The predicted octanol–water partition coefficient (Wildman–Crippen LogP) is 3.33. The third kappa shape index (κ3) is 4.78. The third-order valence-corrected chi connectivity index (χ3v) is 4.21. The van der Waals surface area contributed by atoms with E-state index in [1.54, 1.807) is 24.4 Å². The van der Waals surface area contributed by atoms with Gasteiger partial charge in [0, 0.05) is 12.1 Å². The molecule has 26 heavy (non-hydrogen) atoms. The summed E-state index contributed by atoms with van der Waals surface area (Å²) in [6, 6.07) is 7.83. The van der Waals surface area contributed by atoms with Crippen LogP contribution in [-0.4, -0.2) is 28.3 Å². The van der Waals surface area contributed by atoms with E-state index < -0.39 is 24.3 Å². The van der Waals surface area contributed by atoms with Gasteiger partial charge >= 0.3 is 5.97 Å². The first kappa shape index (κ1) is 17.8. The van der Waals surface area contributed by atoms with Gasteiger partial charge in [0.25, 0.3) is 5.91 Å². The van der Waals surface area contributed by atoms with E-state index in [-0.39, 0.29) is 0 Å². The molecule has 1 heterocycles. The van der Waals surface area contributed by atoms with Crippen LogP contribution in [0.3, 0.4) is 0 Å². The van der Waals surface area contributed by atoms with Crippen molar-refractivity contribution in [2.45, 2.75) is 31.7 Å². The minimum atomic E-state index is -0.672. The van der Waals surface area contributed by atoms with Crippen molar-refractivity contribution in [1.82, 2.24) is 9.78 Å². The van der Waals surface area contributed by atoms with Crippen LogP contribution in [0.1, 0.15) is 37.3 Å². The van der Waals surface area contributed by atoms with Gasteiger partial charge in [0.1, 0.15) is 11.6 Å². The molecule has 0 spiro atoms. The van der Waals surface area contributed by atoms with Crippen LogP contribution in [0.5, 0.6) is 0 Å². The van der Waals surface area contributed by atoms with Crippen molar-refractivity contribution in [3.63, 3.8) is 0 Å². The Balaban J connectivity index is 1.48. The summed E-state index contributed by atoms with van der Waals surface area (Å²) in [5, 5.41) is 6.98. The second-order valence-electron chi connectivity index (χ2n) is 6.14. The number of carbonyl (C=O) groups is 2. The Morgan fingerprint density at radius 3 is 2.88 bits per heavy atom. The molecule has 0 saturated heterocycles. The van der Waals surface area contributed by atoms with Gasteiger partial charge in [-0.1, -0.05) is 25.0 Å². The lowest BCUT2D eigenvalue weighted by molar-refractivity contribution is -0.142. The first-order valence-corrected chi connectivity index (χ1v) is 8.55. The Labute approximate surface area is 150 Å². The monoisotopic (exact) mass is 357 g/mol. The maximum atomic E-state index is 13.1. The number of aromatic nitrogens is 2. The van der Waals surface area contributed by atoms with Crippen molar-refractivity contribution in [1.29, 1.82) is 0 Å². The summed E-state index contributed by atoms with van der Waals surface area (Å²) in [4.78, 5) is 23.7. The SMILES string of the molecule is O=C(COC(=O)/C=C/c1cccc(F)c1)Nc1ccnn1C1CCCC1. The molecule has 3 rings (SSSR count). The van der Waals surface area contributed by atoms with E-state index in [1.165, 1.54) is 18.2 Å². The Hall–Kier alpha value is -2.96. The second kappa shape index (κ2) is 8.42. The molecule has 1 amide bonds. The molecule has 0 bridgehead atoms. The zero-order valence-corrected chi connectivity index (χ0v) is 14.2. The highest BCUT2D eigenvalue weighted by Crippen LogP contribution is 2.31. The molecule has 1 N–H and O–H groups in total. The van der Waals surface area contributed by atoms with Crippen LogP contribution in [0.25, 0.3) is 6.08 Å². The van der Waals surface area contributed by atoms with E-state index in [0.29, 0.717) is 17.4 Å². The van der Waals surface area contributed by atoms with Crippen molar-refractivity contribution in [3.05, 3.63) is 54.0 Å². The highest BCUT2D eigenvalue weighted by Gasteiger charge is 2.20. The van der Waals surface area contributed by atoms with Crippen molar-refractivity contribution in [2.75, 3.05) is 11.9 Å². The number of halogens is 1. The van der Waals surface area contributed by atoms with Gasteiger partial charge in [-0.25, -0.2) is 13.9 Å². The number of amides is 1. The number of anilines is 1. The molecule has 1 aromatic heterocycles. The number of esters is 1. The highest BCUT2D eigenvalue weighted by molar-refractivity contribution is 5.94. The van der Waals surface area contributed by atoms with Crippen LogP contribution >= 0.6 is 0 Å². The van der Waals surface area contributed by atoms with Crippen LogP contribution in [0.4, 0.5) is 10.2 Å². The Morgan fingerprint density at radius 2 is 2.12 bits per heavy atom. The fourth-order valence-corrected chi connectivity index (χ4v) is 2.99. The summed E-state index contributed by atoms with van der Waals surface area (Å²) in [7, 11) is 0. The van der Waals surface area contributed by atoms with Crippen LogP contribution in [0, 0.1) is 5.82 Å². The second-order valence-corrected chi connectivity index (χ2v) is 6.14. The standard InChI is InChI=1S/C19H20FN3O3/c20-15-5-3-4-14(12-15)8-9-19(25)26-13-18(24)22-17-10-11-21-23(17)16-6-1-2-7-16/h3-5,8-12,16H,1-2,6-7,13H2,(H,22,24)/b9-8+. The van der Waals surface area contributed by atoms with Gasteiger partial charge in [-0.05, 0) is 36.6 Å². The molecule has 1 aliphatic rings. The van der Waals surface area contributed by atoms with Gasteiger partial charge in [-0.15, -0.1) is 0 Å². The molecule has 7 heteroatoms. The first-order valence-electron chi connectivity index (χ1n) is 8.55. The van der Waals surface area contributed by atoms with Gasteiger partial charge in [-0.3, -0.25) is 4.79 Å². The lowest BCUT2D eigenvalue weighted by Gasteiger charge is -2.14. The molecule has 1 fully saturated rings. The molecule has 136 valence electrons. The van der Waals surface area contributed by atoms with Gasteiger partial charge in [0.2, 0.25) is 0 Å². The fraction of sp³-hybridized carbons (Fsp3) is 0.316. The van der Waals surface area contributed by atoms with E-state index in [9.17, 15) is 14.0 Å². The summed E-state index contributed by atoms with van der Waals surface area (Å²) in [5.74, 6) is -0.891. The summed E-state index contributed by atoms with van der Waals surface area (Å²) >= 11 is 0. The van der Waals surface area contributed by atoms with Crippen LogP contribution in [-0.2, 0) is 14.3 Å². The lowest BCUT2D eigenvalue weighted by Crippen LogP contribution is -2.22. The van der Waals surface area contributed by atoms with E-state index in [2.05, 4.69) is 10.4 Å². The van der Waals surface area contributed by atoms with Crippen LogP contribution in [0.2, 0.25) is 0 Å². The van der Waals surface area contributed by atoms with Crippen molar-refractivity contribution in [2.24, 2.45) is 0 Å². The summed E-state index contributed by atoms with van der Waals surface area (Å²) in [5.41, 5.74) is 0.534. The molecule has 0 unspecified atom stereocenters. The average molecular weight is 357 g/mol. The van der Waals surface area contributed by atoms with E-state index in [4.69, 9.17) is 4.74 Å². The average Bonchev–Trinajstić information content (AvgIpc) is 3.29. The molecule has 2 aromatic rings. The number of hydrogen-bond acceptors (Lipinski definition) is 4. The molecular weight excluding hydrogens is 337 g/mol. The normalized spacial score (nSPS) is 14.7. The number of nitrogens with one attached hydrogen (secondary N) is 1. The minimum absolute atomic E-state index is 0.303. The number of ether oxygens (including phenoxy) is 1. The van der Waals surface area contributed by atoms with Gasteiger partial charge in [0.05, 0.1) is 12.2 Å². The van der Waals surface area contributed by atoms with E-state index >= 15 is 0 Å². The molecular formula is C19H20FN3O3. The molecule has 0 aliphatic heterocycles. The molecule has 1 aliphatic carbocycles.